The molecule has 0 aliphatic carbocycles. The number of carbonyl (C=O) groups is 1. The number of aromatic amines is 1. The molecule has 1 amide bonds. The molecule has 0 spiro atoms. The van der Waals surface area contributed by atoms with Gasteiger partial charge < -0.3 is 10.3 Å². The first kappa shape index (κ1) is 19.6. The molecule has 0 radical (unpaired) electrons. The van der Waals surface area contributed by atoms with Crippen LogP contribution in [0.15, 0.2) is 48.5 Å². The molecule has 1 fully saturated rings. The van der Waals surface area contributed by atoms with E-state index in [1.807, 2.05) is 24.3 Å². The fraction of sp³-hybridized carbons (Fsp3) is 0.417. The third-order valence-electron chi connectivity index (χ3n) is 5.76. The molecule has 2 heterocycles. The van der Waals surface area contributed by atoms with Gasteiger partial charge in [-0.25, -0.2) is 4.98 Å². The largest absolute Gasteiger partial charge is 0.352 e. The van der Waals surface area contributed by atoms with E-state index in [1.54, 1.807) is 0 Å². The van der Waals surface area contributed by atoms with Gasteiger partial charge in [0, 0.05) is 32.5 Å². The Kier molecular flexibility index (Phi) is 6.25. The Bertz CT molecular complexity index is 931. The number of fused-ring (bicyclic) bond motifs is 1. The van der Waals surface area contributed by atoms with Gasteiger partial charge >= 0.3 is 0 Å². The SMILES string of the molecule is C[C@H]1CCCN(Cc2ccccc2CNC(=O)CCc2nc3ccccc3[nH]2)C1. The summed E-state index contributed by atoms with van der Waals surface area (Å²) in [6, 6.07) is 16.4. The molecule has 1 saturated heterocycles. The van der Waals surface area contributed by atoms with Crippen LogP contribution in [0.1, 0.15) is 43.1 Å². The summed E-state index contributed by atoms with van der Waals surface area (Å²) in [7, 11) is 0. The molecular weight excluding hydrogens is 360 g/mol. The lowest BCUT2D eigenvalue weighted by Gasteiger charge is -2.31. The summed E-state index contributed by atoms with van der Waals surface area (Å²) in [4.78, 5) is 22.8. The molecule has 1 aliphatic rings. The summed E-state index contributed by atoms with van der Waals surface area (Å²) in [6.07, 6.45) is 3.67. The maximum atomic E-state index is 12.4. The molecule has 1 aromatic heterocycles. The molecule has 1 atom stereocenters. The van der Waals surface area contributed by atoms with Crippen LogP contribution in [-0.2, 0) is 24.3 Å². The van der Waals surface area contributed by atoms with Gasteiger partial charge in [-0.05, 0) is 48.6 Å². The number of para-hydroxylation sites is 2. The molecule has 152 valence electrons. The number of aryl methyl sites for hydroxylation is 1. The average Bonchev–Trinajstić information content (AvgIpc) is 3.15. The van der Waals surface area contributed by atoms with Crippen LogP contribution in [0.4, 0.5) is 0 Å². The Balaban J connectivity index is 1.29. The maximum absolute atomic E-state index is 12.4. The highest BCUT2D eigenvalue weighted by Gasteiger charge is 2.17. The summed E-state index contributed by atoms with van der Waals surface area (Å²) in [5, 5.41) is 3.09. The Hall–Kier alpha value is -2.66. The summed E-state index contributed by atoms with van der Waals surface area (Å²) in [5.74, 6) is 1.70. The molecule has 3 aromatic rings. The Labute approximate surface area is 172 Å². The predicted octanol–water partition coefficient (Wildman–Crippen LogP) is 4.04. The number of amides is 1. The Morgan fingerprint density at radius 2 is 1.97 bits per heavy atom. The second-order valence-corrected chi connectivity index (χ2v) is 8.23. The van der Waals surface area contributed by atoms with Crippen LogP contribution in [0.5, 0.6) is 0 Å². The van der Waals surface area contributed by atoms with Crippen LogP contribution in [0.2, 0.25) is 0 Å². The average molecular weight is 391 g/mol. The van der Waals surface area contributed by atoms with Gasteiger partial charge in [0.05, 0.1) is 11.0 Å². The molecule has 0 unspecified atom stereocenters. The Morgan fingerprint density at radius 3 is 2.79 bits per heavy atom. The lowest BCUT2D eigenvalue weighted by atomic mass is 9.99. The number of hydrogen-bond donors (Lipinski definition) is 2. The smallest absolute Gasteiger partial charge is 0.220 e. The number of imidazole rings is 1. The molecule has 4 rings (SSSR count). The number of benzene rings is 2. The second kappa shape index (κ2) is 9.23. The molecule has 2 aromatic carbocycles. The third kappa shape index (κ3) is 5.24. The number of rotatable bonds is 7. The summed E-state index contributed by atoms with van der Waals surface area (Å²) in [5.41, 5.74) is 4.50. The fourth-order valence-corrected chi connectivity index (χ4v) is 4.19. The van der Waals surface area contributed by atoms with Crippen LogP contribution >= 0.6 is 0 Å². The van der Waals surface area contributed by atoms with Crippen LogP contribution in [0, 0.1) is 5.92 Å². The van der Waals surface area contributed by atoms with Crippen molar-refractivity contribution in [2.45, 2.75) is 45.7 Å². The van der Waals surface area contributed by atoms with Crippen molar-refractivity contribution in [1.29, 1.82) is 0 Å². The van der Waals surface area contributed by atoms with Crippen molar-refractivity contribution < 1.29 is 4.79 Å². The van der Waals surface area contributed by atoms with Crippen LogP contribution in [-0.4, -0.2) is 33.9 Å². The monoisotopic (exact) mass is 390 g/mol. The molecule has 0 saturated carbocycles. The van der Waals surface area contributed by atoms with Crippen LogP contribution in [0.25, 0.3) is 11.0 Å². The summed E-state index contributed by atoms with van der Waals surface area (Å²) < 4.78 is 0. The van der Waals surface area contributed by atoms with Crippen molar-refractivity contribution in [3.05, 3.63) is 65.5 Å². The van der Waals surface area contributed by atoms with Gasteiger partial charge in [0.15, 0.2) is 0 Å². The number of hydrogen-bond acceptors (Lipinski definition) is 3. The van der Waals surface area contributed by atoms with E-state index in [9.17, 15) is 4.79 Å². The minimum absolute atomic E-state index is 0.0619. The van der Waals surface area contributed by atoms with E-state index in [0.29, 0.717) is 19.4 Å². The molecule has 5 nitrogen and oxygen atoms in total. The van der Waals surface area contributed by atoms with Gasteiger partial charge in [-0.1, -0.05) is 43.3 Å². The van der Waals surface area contributed by atoms with E-state index < -0.39 is 0 Å². The first-order valence-electron chi connectivity index (χ1n) is 10.7. The first-order chi connectivity index (χ1) is 14.2. The van der Waals surface area contributed by atoms with E-state index in [0.717, 1.165) is 35.9 Å². The van der Waals surface area contributed by atoms with E-state index in [-0.39, 0.29) is 5.91 Å². The number of piperidine rings is 1. The highest BCUT2D eigenvalue weighted by molar-refractivity contribution is 5.77. The lowest BCUT2D eigenvalue weighted by Crippen LogP contribution is -2.34. The van der Waals surface area contributed by atoms with Crippen molar-refractivity contribution in [3.8, 4) is 0 Å². The second-order valence-electron chi connectivity index (χ2n) is 8.23. The normalized spacial score (nSPS) is 17.5. The standard InChI is InChI=1S/C24H30N4O/c1-18-7-6-14-28(16-18)17-20-9-3-2-8-19(20)15-25-24(29)13-12-23-26-21-10-4-5-11-22(21)27-23/h2-5,8-11,18H,6-7,12-17H2,1H3,(H,25,29)(H,26,27)/t18-/m0/s1. The fourth-order valence-electron chi connectivity index (χ4n) is 4.19. The molecule has 2 N–H and O–H groups in total. The summed E-state index contributed by atoms with van der Waals surface area (Å²) in [6.45, 7) is 6.22. The van der Waals surface area contributed by atoms with E-state index in [1.165, 1.54) is 30.5 Å². The van der Waals surface area contributed by atoms with Crippen molar-refractivity contribution in [3.63, 3.8) is 0 Å². The van der Waals surface area contributed by atoms with Crippen molar-refractivity contribution in [2.24, 2.45) is 5.92 Å². The van der Waals surface area contributed by atoms with Gasteiger partial charge in [0.1, 0.15) is 5.82 Å². The van der Waals surface area contributed by atoms with Crippen molar-refractivity contribution in [1.82, 2.24) is 20.2 Å². The third-order valence-corrected chi connectivity index (χ3v) is 5.76. The lowest BCUT2D eigenvalue weighted by molar-refractivity contribution is -0.121. The molecule has 29 heavy (non-hydrogen) atoms. The summed E-state index contributed by atoms with van der Waals surface area (Å²) >= 11 is 0. The van der Waals surface area contributed by atoms with Gasteiger partial charge in [-0.3, -0.25) is 9.69 Å². The quantitative estimate of drug-likeness (QED) is 0.640. The van der Waals surface area contributed by atoms with E-state index >= 15 is 0 Å². The minimum atomic E-state index is 0.0619. The number of nitrogens with zero attached hydrogens (tertiary/aromatic N) is 2. The number of carbonyl (C=O) groups excluding carboxylic acids is 1. The topological polar surface area (TPSA) is 61.0 Å². The van der Waals surface area contributed by atoms with Gasteiger partial charge in [0.25, 0.3) is 0 Å². The number of H-pyrrole nitrogens is 1. The zero-order valence-corrected chi connectivity index (χ0v) is 17.2. The molecule has 1 aliphatic heterocycles. The number of nitrogens with one attached hydrogen (secondary N) is 2. The maximum Gasteiger partial charge on any atom is 0.220 e. The highest BCUT2D eigenvalue weighted by atomic mass is 16.1. The first-order valence-corrected chi connectivity index (χ1v) is 10.7. The van der Waals surface area contributed by atoms with Gasteiger partial charge in [-0.15, -0.1) is 0 Å². The number of aromatic nitrogens is 2. The Morgan fingerprint density at radius 1 is 1.17 bits per heavy atom. The highest BCUT2D eigenvalue weighted by Crippen LogP contribution is 2.19. The zero-order chi connectivity index (χ0) is 20.1. The molecular formula is C24H30N4O. The predicted molar refractivity (Wildman–Crippen MR) is 116 cm³/mol. The van der Waals surface area contributed by atoms with Gasteiger partial charge in [0.2, 0.25) is 5.91 Å². The minimum Gasteiger partial charge on any atom is -0.352 e. The van der Waals surface area contributed by atoms with Crippen LogP contribution < -0.4 is 5.32 Å². The number of likely N-dealkylation sites (tertiary alicyclic amines) is 1. The zero-order valence-electron chi connectivity index (χ0n) is 17.2. The van der Waals surface area contributed by atoms with Crippen molar-refractivity contribution >= 4 is 16.9 Å². The van der Waals surface area contributed by atoms with E-state index in [2.05, 4.69) is 51.4 Å². The van der Waals surface area contributed by atoms with Crippen molar-refractivity contribution in [2.75, 3.05) is 13.1 Å². The van der Waals surface area contributed by atoms with E-state index in [4.69, 9.17) is 0 Å². The van der Waals surface area contributed by atoms with Crippen LogP contribution in [0.3, 0.4) is 0 Å². The molecule has 0 bridgehead atoms. The van der Waals surface area contributed by atoms with Gasteiger partial charge in [-0.2, -0.15) is 0 Å². The molecule has 5 heteroatoms.